The van der Waals surface area contributed by atoms with E-state index in [1.165, 1.54) is 38.9 Å². The first-order valence-corrected chi connectivity index (χ1v) is 15.4. The first kappa shape index (κ1) is 35.2. The monoisotopic (exact) mass is 698 g/mol. The highest BCUT2D eigenvalue weighted by Gasteiger charge is 2.25. The normalized spacial score (nSPS) is 11.8. The molecule has 1 amide bonds. The second-order valence-electron chi connectivity index (χ2n) is 8.88. The molecule has 2 atom stereocenters. The van der Waals surface area contributed by atoms with Crippen LogP contribution in [0.4, 0.5) is 5.69 Å². The van der Waals surface area contributed by atoms with Gasteiger partial charge in [0.25, 0.3) is 15.3 Å². The molecular weight excluding hydrogens is 676 g/mol. The molecule has 0 spiro atoms. The van der Waals surface area contributed by atoms with E-state index in [1.807, 2.05) is 6.07 Å². The second kappa shape index (κ2) is 16.7. The van der Waals surface area contributed by atoms with Crippen LogP contribution in [0.3, 0.4) is 0 Å². The fourth-order valence-electron chi connectivity index (χ4n) is 3.61. The minimum atomic E-state index is -1.75. The zero-order valence-electron chi connectivity index (χ0n) is 23.4. The van der Waals surface area contributed by atoms with Gasteiger partial charge in [-0.25, -0.2) is 4.79 Å². The van der Waals surface area contributed by atoms with Crippen molar-refractivity contribution in [2.45, 2.75) is 38.4 Å². The van der Waals surface area contributed by atoms with Gasteiger partial charge >= 0.3 is 11.9 Å². The lowest BCUT2D eigenvalue weighted by molar-refractivity contribution is -0.789. The van der Waals surface area contributed by atoms with Gasteiger partial charge in [0.1, 0.15) is 39.7 Å². The Morgan fingerprint density at radius 1 is 0.870 bits per heavy atom. The molecule has 0 aliphatic rings. The van der Waals surface area contributed by atoms with Crippen molar-refractivity contribution in [1.82, 2.24) is 0 Å². The van der Waals surface area contributed by atoms with Crippen LogP contribution >= 0.6 is 32.9 Å². The summed E-state index contributed by atoms with van der Waals surface area (Å²) in [6.07, 6.45) is -4.00. The van der Waals surface area contributed by atoms with Gasteiger partial charge in [0.15, 0.2) is 0 Å². The average Bonchev–Trinajstić information content (AvgIpc) is 3.41. The van der Waals surface area contributed by atoms with E-state index in [0.717, 1.165) is 22.6 Å². The predicted octanol–water partition coefficient (Wildman–Crippen LogP) is 4.82. The maximum absolute atomic E-state index is 13.1. The molecule has 2 unspecified atom stereocenters. The molecule has 0 saturated carbocycles. The van der Waals surface area contributed by atoms with E-state index in [1.54, 1.807) is 19.1 Å². The molecule has 0 bridgehead atoms. The second-order valence-corrected chi connectivity index (χ2v) is 11.8. The van der Waals surface area contributed by atoms with Crippen LogP contribution in [0.15, 0.2) is 48.5 Å². The first-order chi connectivity index (χ1) is 21.8. The van der Waals surface area contributed by atoms with Crippen LogP contribution in [-0.2, 0) is 24.1 Å². The highest BCUT2D eigenvalue weighted by Crippen LogP contribution is 2.31. The largest absolute Gasteiger partial charge is 0.425 e. The van der Waals surface area contributed by atoms with E-state index < -0.39 is 70.5 Å². The summed E-state index contributed by atoms with van der Waals surface area (Å²) in [4.78, 5) is 83.9. The summed E-state index contributed by atoms with van der Waals surface area (Å²) >= 11 is 5.15. The number of amides is 1. The molecule has 0 aliphatic carbocycles. The smallest absolute Gasteiger partial charge is 0.347 e. The number of esters is 2. The number of nitrogens with zero attached hydrogens (tertiary/aromatic N) is 3. The summed E-state index contributed by atoms with van der Waals surface area (Å²) in [6, 6.07) is 11.7. The highest BCUT2D eigenvalue weighted by atomic mass is 32.9. The van der Waals surface area contributed by atoms with Crippen LogP contribution in [-0.4, -0.2) is 51.9 Å². The molecular formula is C25H22N4O14S3. The molecule has 46 heavy (non-hydrogen) atoms. The van der Waals surface area contributed by atoms with Gasteiger partial charge < -0.3 is 29.3 Å². The van der Waals surface area contributed by atoms with E-state index in [9.17, 15) is 44.7 Å². The number of nitrogens with one attached hydrogen (secondary N) is 1. The number of benzene rings is 2. The van der Waals surface area contributed by atoms with Crippen molar-refractivity contribution < 1.29 is 53.6 Å². The third-order valence-electron chi connectivity index (χ3n) is 5.62. The predicted molar refractivity (Wildman–Crippen MR) is 160 cm³/mol. The Labute approximate surface area is 270 Å². The molecule has 3 rings (SSSR count). The van der Waals surface area contributed by atoms with Crippen LogP contribution in [0, 0.1) is 34.2 Å². The van der Waals surface area contributed by atoms with E-state index >= 15 is 0 Å². The van der Waals surface area contributed by atoms with Gasteiger partial charge in [0.05, 0.1) is 12.8 Å². The maximum atomic E-state index is 13.1. The lowest BCUT2D eigenvalue weighted by atomic mass is 10.1. The van der Waals surface area contributed by atoms with Crippen LogP contribution in [0.5, 0.6) is 11.5 Å². The van der Waals surface area contributed by atoms with Crippen LogP contribution < -0.4 is 14.8 Å². The molecule has 1 heterocycles. The van der Waals surface area contributed by atoms with Crippen molar-refractivity contribution in [3.05, 3.63) is 88.3 Å². The van der Waals surface area contributed by atoms with Crippen molar-refractivity contribution in [2.75, 3.05) is 11.9 Å². The topological polar surface area (TPSA) is 239 Å². The van der Waals surface area contributed by atoms with Crippen LogP contribution in [0.1, 0.15) is 36.5 Å². The SMILES string of the molecule is CCC(CC(=O)Nc1ccc(C(=O)Oc2ccc(-c3cc(=S)ss3)cc2)c(OC(=O)CC(CO[N+](=O)[O-])O[N+](=O)[O-])c1)O[N+](=O)[O-]. The number of hydrogen-bond acceptors (Lipinski definition) is 17. The minimum Gasteiger partial charge on any atom is -0.425 e. The summed E-state index contributed by atoms with van der Waals surface area (Å²) < 4.78 is 11.4. The zero-order valence-corrected chi connectivity index (χ0v) is 25.8. The van der Waals surface area contributed by atoms with E-state index in [2.05, 4.69) is 19.8 Å². The van der Waals surface area contributed by atoms with Crippen molar-refractivity contribution >= 4 is 56.4 Å². The highest BCUT2D eigenvalue weighted by molar-refractivity contribution is 7.80. The van der Waals surface area contributed by atoms with Crippen LogP contribution in [0.2, 0.25) is 0 Å². The number of rotatable bonds is 17. The molecule has 2 aromatic carbocycles. The lowest BCUT2D eigenvalue weighted by Crippen LogP contribution is -2.29. The summed E-state index contributed by atoms with van der Waals surface area (Å²) in [6.45, 7) is 0.577. The van der Waals surface area contributed by atoms with Crippen LogP contribution in [0.25, 0.3) is 10.4 Å². The van der Waals surface area contributed by atoms with Gasteiger partial charge in [-0.2, -0.15) is 0 Å². The lowest BCUT2D eigenvalue weighted by Gasteiger charge is -2.16. The molecule has 0 saturated heterocycles. The van der Waals surface area contributed by atoms with Crippen molar-refractivity contribution in [1.29, 1.82) is 0 Å². The minimum absolute atomic E-state index is 0.0161. The number of carbonyl (C=O) groups excluding carboxylic acids is 3. The number of hydrogen-bond donors (Lipinski definition) is 1. The maximum Gasteiger partial charge on any atom is 0.347 e. The molecule has 244 valence electrons. The van der Waals surface area contributed by atoms with Gasteiger partial charge in [-0.3, -0.25) is 9.59 Å². The fourth-order valence-corrected chi connectivity index (χ4v) is 6.02. The molecule has 3 aromatic rings. The van der Waals surface area contributed by atoms with Gasteiger partial charge in [-0.1, -0.05) is 39.8 Å². The van der Waals surface area contributed by atoms with Crippen molar-refractivity contribution in [3.8, 4) is 21.9 Å². The fraction of sp³-hybridized carbons (Fsp3) is 0.280. The summed E-state index contributed by atoms with van der Waals surface area (Å²) in [7, 11) is 2.91. The molecule has 0 fully saturated rings. The molecule has 1 aromatic heterocycles. The van der Waals surface area contributed by atoms with Gasteiger partial charge in [0.2, 0.25) is 5.91 Å². The Hall–Kier alpha value is -5.28. The van der Waals surface area contributed by atoms with E-state index in [0.29, 0.717) is 3.82 Å². The summed E-state index contributed by atoms with van der Waals surface area (Å²) in [5.41, 5.74) is 0.494. The number of ether oxygens (including phenoxy) is 2. The van der Waals surface area contributed by atoms with E-state index in [-0.39, 0.29) is 23.4 Å². The standard InChI is InChI=1S/C25H22N4O14S3/c1-2-16(42-28(35)36)10-22(30)26-15-5-8-19(20(9-15)41-23(31)11-18(43-29(37)38)13-39-27(33)34)25(32)40-17-6-3-14(4-7-17)21-12-24(44)46-45-21/h3-9,12,16,18H,2,10-11,13H2,1H3,(H,26,30). The Morgan fingerprint density at radius 2 is 1.54 bits per heavy atom. The molecule has 0 radical (unpaired) electrons. The van der Waals surface area contributed by atoms with E-state index in [4.69, 9.17) is 21.7 Å². The average molecular weight is 699 g/mol. The molecule has 21 heteroatoms. The Bertz CT molecular complexity index is 1660. The molecule has 0 aliphatic heterocycles. The number of carbonyl (C=O) groups is 3. The van der Waals surface area contributed by atoms with Crippen molar-refractivity contribution in [3.63, 3.8) is 0 Å². The Morgan fingerprint density at radius 3 is 2.13 bits per heavy atom. The van der Waals surface area contributed by atoms with Gasteiger partial charge in [-0.05, 0) is 54.4 Å². The first-order valence-electron chi connectivity index (χ1n) is 12.8. The third kappa shape index (κ3) is 11.3. The quantitative estimate of drug-likeness (QED) is 0.0496. The zero-order chi connectivity index (χ0) is 33.8. The summed E-state index contributed by atoms with van der Waals surface area (Å²) in [5, 5.41) is 30.8. The van der Waals surface area contributed by atoms with Gasteiger partial charge in [-0.15, -0.1) is 30.3 Å². The van der Waals surface area contributed by atoms with Gasteiger partial charge in [0, 0.05) is 16.6 Å². The Balaban J connectivity index is 1.83. The van der Waals surface area contributed by atoms with Crippen molar-refractivity contribution in [2.24, 2.45) is 0 Å². The number of anilines is 1. The Kier molecular flexibility index (Phi) is 12.8. The summed E-state index contributed by atoms with van der Waals surface area (Å²) in [5.74, 6) is -3.29. The molecule has 1 N–H and O–H groups in total. The third-order valence-corrected chi connectivity index (χ3v) is 8.53. The molecule has 18 nitrogen and oxygen atoms in total.